The molecule has 2 aliphatic rings. The fourth-order valence-electron chi connectivity index (χ4n) is 2.16. The number of aliphatic imine (C=N–C) groups is 1. The first-order valence-corrected chi connectivity index (χ1v) is 5.46. The van der Waals surface area contributed by atoms with Crippen LogP contribution >= 0.6 is 0 Å². The predicted octanol–water partition coefficient (Wildman–Crippen LogP) is 3.29. The number of hydrogen-bond acceptors (Lipinski definition) is 2. The van der Waals surface area contributed by atoms with Crippen LogP contribution in [0, 0.1) is 0 Å². The molecule has 0 saturated carbocycles. The van der Waals surface area contributed by atoms with Crippen molar-refractivity contribution in [2.24, 2.45) is 4.99 Å². The van der Waals surface area contributed by atoms with Gasteiger partial charge in [-0.15, -0.1) is 0 Å². The van der Waals surface area contributed by atoms with Gasteiger partial charge in [0.25, 0.3) is 0 Å². The molecule has 1 unspecified atom stereocenters. The van der Waals surface area contributed by atoms with Gasteiger partial charge >= 0.3 is 0 Å². The van der Waals surface area contributed by atoms with Crippen LogP contribution in [0.3, 0.4) is 0 Å². The summed E-state index contributed by atoms with van der Waals surface area (Å²) in [6.45, 7) is 0. The van der Waals surface area contributed by atoms with Crippen LogP contribution in [0.5, 0.6) is 0 Å². The van der Waals surface area contributed by atoms with Crippen molar-refractivity contribution in [2.45, 2.75) is 6.04 Å². The van der Waals surface area contributed by atoms with Crippen LogP contribution < -0.4 is 5.32 Å². The van der Waals surface area contributed by atoms with Crippen LogP contribution in [0.15, 0.2) is 53.5 Å². The number of rotatable bonds is 2. The van der Waals surface area contributed by atoms with E-state index in [2.05, 4.69) is 52.8 Å². The first-order valence-electron chi connectivity index (χ1n) is 5.46. The van der Waals surface area contributed by atoms with Gasteiger partial charge in [0.05, 0.1) is 17.1 Å². The van der Waals surface area contributed by atoms with Gasteiger partial charge in [-0.25, -0.2) is 0 Å². The molecule has 2 aromatic carbocycles. The molecule has 16 heavy (non-hydrogen) atoms. The van der Waals surface area contributed by atoms with E-state index in [1.807, 2.05) is 6.07 Å². The lowest BCUT2D eigenvalue weighted by atomic mass is 10.0. The van der Waals surface area contributed by atoms with E-state index in [4.69, 9.17) is 0 Å². The number of benzene rings is 2. The van der Waals surface area contributed by atoms with Crippen molar-refractivity contribution in [1.82, 2.24) is 0 Å². The Balaban J connectivity index is 1.66. The highest BCUT2D eigenvalue weighted by atomic mass is 15.1. The van der Waals surface area contributed by atoms with E-state index < -0.39 is 0 Å². The Bertz CT molecular complexity index is 599. The molecule has 0 saturated heterocycles. The Morgan fingerprint density at radius 3 is 2.69 bits per heavy atom. The Hall–Kier alpha value is -2.09. The Morgan fingerprint density at radius 1 is 0.938 bits per heavy atom. The fourth-order valence-corrected chi connectivity index (χ4v) is 2.16. The zero-order chi connectivity index (χ0) is 10.5. The highest BCUT2D eigenvalue weighted by molar-refractivity contribution is 6.21. The summed E-state index contributed by atoms with van der Waals surface area (Å²) in [7, 11) is 0. The summed E-state index contributed by atoms with van der Waals surface area (Å²) in [5.41, 5.74) is 6.29. The monoisotopic (exact) mass is 206 g/mol. The van der Waals surface area contributed by atoms with Crippen LogP contribution in [0.25, 0.3) is 0 Å². The molecule has 4 rings (SSSR count). The average Bonchev–Trinajstić information content (AvgIpc) is 3.23. The van der Waals surface area contributed by atoms with Crippen LogP contribution in [0.1, 0.15) is 17.2 Å². The van der Waals surface area contributed by atoms with Crippen LogP contribution in [-0.2, 0) is 0 Å². The third-order valence-corrected chi connectivity index (χ3v) is 3.11. The lowest BCUT2D eigenvalue weighted by molar-refractivity contribution is 1.13. The summed E-state index contributed by atoms with van der Waals surface area (Å²) in [6, 6.07) is 17.0. The summed E-state index contributed by atoms with van der Waals surface area (Å²) in [4.78, 5) is 4.57. The second kappa shape index (κ2) is 2.73. The van der Waals surface area contributed by atoms with Crippen molar-refractivity contribution in [1.29, 1.82) is 0 Å². The molecule has 0 aliphatic carbocycles. The first kappa shape index (κ1) is 8.11. The van der Waals surface area contributed by atoms with Gasteiger partial charge < -0.3 is 5.32 Å². The van der Waals surface area contributed by atoms with Gasteiger partial charge in [-0.05, 0) is 11.6 Å². The van der Waals surface area contributed by atoms with Gasteiger partial charge in [0.15, 0.2) is 0 Å². The summed E-state index contributed by atoms with van der Waals surface area (Å²) in [5.74, 6) is 0. The second-order valence-electron chi connectivity index (χ2n) is 4.18. The topological polar surface area (TPSA) is 34.3 Å². The van der Waals surface area contributed by atoms with Crippen LogP contribution in [-0.4, -0.2) is 5.71 Å². The Kier molecular flexibility index (Phi) is 1.38. The third kappa shape index (κ3) is 1.10. The minimum Gasteiger partial charge on any atom is -0.352 e. The van der Waals surface area contributed by atoms with Crippen molar-refractivity contribution in [3.63, 3.8) is 0 Å². The van der Waals surface area contributed by atoms with Crippen molar-refractivity contribution in [3.8, 4) is 0 Å². The molecule has 2 aliphatic heterocycles. The van der Waals surface area contributed by atoms with Gasteiger partial charge in [-0.2, -0.15) is 0 Å². The zero-order valence-corrected chi connectivity index (χ0v) is 8.64. The molecule has 2 heterocycles. The molecular formula is C14H10N2. The number of hydrogen-bond donors (Lipinski definition) is 1. The van der Waals surface area contributed by atoms with E-state index >= 15 is 0 Å². The Labute approximate surface area is 93.7 Å². The molecule has 76 valence electrons. The Morgan fingerprint density at radius 2 is 1.81 bits per heavy atom. The van der Waals surface area contributed by atoms with E-state index in [9.17, 15) is 0 Å². The van der Waals surface area contributed by atoms with Crippen LogP contribution in [0.4, 0.5) is 11.4 Å². The molecule has 1 N–H and O–H groups in total. The molecule has 0 aromatic heterocycles. The SMILES string of the molecule is c1ccc(C2N=C2c2cccc3c2N3)cc1. The number of nitrogens with zero attached hydrogens (tertiary/aromatic N) is 1. The molecule has 0 bridgehead atoms. The minimum atomic E-state index is 0.287. The maximum absolute atomic E-state index is 4.57. The van der Waals surface area contributed by atoms with E-state index in [1.54, 1.807) is 0 Å². The molecule has 0 fully saturated rings. The molecule has 1 atom stereocenters. The number of para-hydroxylation sites is 1. The molecule has 2 aromatic rings. The number of fused-ring (bicyclic) bond motifs is 1. The molecular weight excluding hydrogens is 196 g/mol. The molecule has 2 nitrogen and oxygen atoms in total. The lowest BCUT2D eigenvalue weighted by Crippen LogP contribution is -1.91. The van der Waals surface area contributed by atoms with Crippen LogP contribution in [0.2, 0.25) is 0 Å². The van der Waals surface area contributed by atoms with Gasteiger partial charge in [0, 0.05) is 5.56 Å². The first-order chi connectivity index (χ1) is 7.93. The largest absolute Gasteiger partial charge is 0.352 e. The van der Waals surface area contributed by atoms with Gasteiger partial charge in [-0.3, -0.25) is 4.99 Å². The molecule has 0 spiro atoms. The molecule has 2 heteroatoms. The van der Waals surface area contributed by atoms with E-state index in [-0.39, 0.29) is 6.04 Å². The van der Waals surface area contributed by atoms with Gasteiger partial charge in [-0.1, -0.05) is 42.5 Å². The minimum absolute atomic E-state index is 0.287. The number of anilines is 2. The summed E-state index contributed by atoms with van der Waals surface area (Å²) >= 11 is 0. The predicted molar refractivity (Wildman–Crippen MR) is 65.4 cm³/mol. The zero-order valence-electron chi connectivity index (χ0n) is 8.64. The number of nitrogens with one attached hydrogen (secondary N) is 1. The maximum atomic E-state index is 4.57. The second-order valence-corrected chi connectivity index (χ2v) is 4.18. The standard InChI is InChI=1S/C14H10N2/c1-2-5-9(6-3-1)12-14(16-12)10-7-4-8-11-13(10)15-11/h1-8,12,15H. The summed E-state index contributed by atoms with van der Waals surface area (Å²) < 4.78 is 0. The van der Waals surface area contributed by atoms with Crippen molar-refractivity contribution >= 4 is 17.1 Å². The summed E-state index contributed by atoms with van der Waals surface area (Å²) in [6.07, 6.45) is 0. The maximum Gasteiger partial charge on any atom is 0.118 e. The van der Waals surface area contributed by atoms with Crippen molar-refractivity contribution in [2.75, 3.05) is 5.32 Å². The van der Waals surface area contributed by atoms with Crippen molar-refractivity contribution < 1.29 is 0 Å². The molecule has 0 amide bonds. The quantitative estimate of drug-likeness (QED) is 0.641. The third-order valence-electron chi connectivity index (χ3n) is 3.11. The van der Waals surface area contributed by atoms with Crippen molar-refractivity contribution in [3.05, 3.63) is 59.7 Å². The lowest BCUT2D eigenvalue weighted by Gasteiger charge is -1.96. The van der Waals surface area contributed by atoms with E-state index in [0.29, 0.717) is 0 Å². The van der Waals surface area contributed by atoms with E-state index in [1.165, 1.54) is 28.2 Å². The highest BCUT2D eigenvalue weighted by Crippen LogP contribution is 2.47. The van der Waals surface area contributed by atoms with Gasteiger partial charge in [0.2, 0.25) is 0 Å². The van der Waals surface area contributed by atoms with Gasteiger partial charge in [0.1, 0.15) is 6.04 Å². The summed E-state index contributed by atoms with van der Waals surface area (Å²) in [5, 5.41) is 3.27. The van der Waals surface area contributed by atoms with E-state index in [0.717, 1.165) is 0 Å². The smallest absolute Gasteiger partial charge is 0.118 e. The average molecular weight is 206 g/mol. The molecule has 0 radical (unpaired) electrons. The fraction of sp³-hybridized carbons (Fsp3) is 0.0714. The highest BCUT2D eigenvalue weighted by Gasteiger charge is 2.35. The normalized spacial score (nSPS) is 19.5.